The largest absolute Gasteiger partial charge is 0.481 e. The predicted molar refractivity (Wildman–Crippen MR) is 85.6 cm³/mol. The third-order valence-corrected chi connectivity index (χ3v) is 3.19. The molecule has 8 heteroatoms. The van der Waals surface area contributed by atoms with Gasteiger partial charge in [0.1, 0.15) is 12.4 Å². The molecule has 0 aromatic heterocycles. The summed E-state index contributed by atoms with van der Waals surface area (Å²) in [4.78, 5) is 44.6. The zero-order chi connectivity index (χ0) is 18.4. The van der Waals surface area contributed by atoms with Gasteiger partial charge in [-0.3, -0.25) is 14.4 Å². The highest BCUT2D eigenvalue weighted by Crippen LogP contribution is 2.12. The Balaban J connectivity index is 3.71. The molecule has 0 saturated heterocycles. The van der Waals surface area contributed by atoms with Crippen molar-refractivity contribution in [2.45, 2.75) is 39.5 Å². The van der Waals surface area contributed by atoms with Crippen molar-refractivity contribution in [3.8, 4) is 0 Å². The number of nitrogens with one attached hydrogen (secondary N) is 1. The SMILES string of the molecule is CCC(=O)NCCOCCOCC(=O)C[C@@H](CCC(C)=O)C(=O)O. The molecule has 0 aliphatic heterocycles. The second kappa shape index (κ2) is 13.6. The number of carbonyl (C=O) groups excluding carboxylic acids is 3. The van der Waals surface area contributed by atoms with Crippen molar-refractivity contribution >= 4 is 23.4 Å². The first-order valence-corrected chi connectivity index (χ1v) is 8.02. The maximum absolute atomic E-state index is 11.7. The van der Waals surface area contributed by atoms with Crippen molar-refractivity contribution in [2.24, 2.45) is 5.92 Å². The fraction of sp³-hybridized carbons (Fsp3) is 0.750. The van der Waals surface area contributed by atoms with E-state index in [9.17, 15) is 19.2 Å². The second-order valence-corrected chi connectivity index (χ2v) is 5.39. The third-order valence-electron chi connectivity index (χ3n) is 3.19. The number of carboxylic acids is 1. The number of ether oxygens (including phenoxy) is 2. The van der Waals surface area contributed by atoms with Crippen LogP contribution in [0.2, 0.25) is 0 Å². The molecule has 0 fully saturated rings. The number of ketones is 2. The fourth-order valence-electron chi connectivity index (χ4n) is 1.82. The Hall–Kier alpha value is -1.80. The molecule has 1 amide bonds. The Morgan fingerprint density at radius 2 is 1.75 bits per heavy atom. The van der Waals surface area contributed by atoms with Crippen molar-refractivity contribution in [3.63, 3.8) is 0 Å². The van der Waals surface area contributed by atoms with Crippen LogP contribution in [0.4, 0.5) is 0 Å². The molecule has 0 aromatic carbocycles. The minimum atomic E-state index is -1.08. The average Bonchev–Trinajstić information content (AvgIpc) is 2.52. The van der Waals surface area contributed by atoms with Gasteiger partial charge in [-0.05, 0) is 13.3 Å². The first-order chi connectivity index (χ1) is 11.4. The monoisotopic (exact) mass is 345 g/mol. The summed E-state index contributed by atoms with van der Waals surface area (Å²) in [6, 6.07) is 0. The van der Waals surface area contributed by atoms with E-state index in [0.29, 0.717) is 19.6 Å². The molecule has 0 heterocycles. The highest BCUT2D eigenvalue weighted by molar-refractivity contribution is 5.85. The molecule has 0 spiro atoms. The Kier molecular flexibility index (Phi) is 12.6. The zero-order valence-electron chi connectivity index (χ0n) is 14.3. The summed E-state index contributed by atoms with van der Waals surface area (Å²) in [5.74, 6) is -2.40. The molecule has 0 radical (unpaired) electrons. The molecule has 0 bridgehead atoms. The van der Waals surface area contributed by atoms with Crippen LogP contribution in [0.25, 0.3) is 0 Å². The lowest BCUT2D eigenvalue weighted by molar-refractivity contribution is -0.144. The highest BCUT2D eigenvalue weighted by Gasteiger charge is 2.21. The van der Waals surface area contributed by atoms with Gasteiger partial charge in [0.15, 0.2) is 5.78 Å². The molecular formula is C16H27NO7. The summed E-state index contributed by atoms with van der Waals surface area (Å²) in [6.07, 6.45) is 0.581. The number of Topliss-reactive ketones (excluding diaryl/α,β-unsaturated/α-hetero) is 2. The van der Waals surface area contributed by atoms with Crippen LogP contribution in [0, 0.1) is 5.92 Å². The van der Waals surface area contributed by atoms with Gasteiger partial charge in [-0.25, -0.2) is 0 Å². The van der Waals surface area contributed by atoms with E-state index in [-0.39, 0.29) is 56.6 Å². The Morgan fingerprint density at radius 1 is 1.08 bits per heavy atom. The van der Waals surface area contributed by atoms with E-state index in [4.69, 9.17) is 14.6 Å². The van der Waals surface area contributed by atoms with Crippen LogP contribution in [0.1, 0.15) is 39.5 Å². The van der Waals surface area contributed by atoms with E-state index in [1.165, 1.54) is 6.92 Å². The summed E-state index contributed by atoms with van der Waals surface area (Å²) in [5.41, 5.74) is 0. The number of hydrogen-bond acceptors (Lipinski definition) is 6. The standard InChI is InChI=1S/C16H27NO7/c1-3-15(20)17-6-7-23-8-9-24-11-14(19)10-13(16(21)22)5-4-12(2)18/h13H,3-11H2,1-2H3,(H,17,20)(H,21,22)/t13-/m1/s1. The normalized spacial score (nSPS) is 11.8. The van der Waals surface area contributed by atoms with Crippen molar-refractivity contribution in [2.75, 3.05) is 33.0 Å². The zero-order valence-corrected chi connectivity index (χ0v) is 14.3. The van der Waals surface area contributed by atoms with Crippen molar-refractivity contribution in [1.29, 1.82) is 0 Å². The molecule has 0 aliphatic rings. The molecule has 0 aromatic rings. The van der Waals surface area contributed by atoms with Gasteiger partial charge < -0.3 is 24.7 Å². The van der Waals surface area contributed by atoms with Gasteiger partial charge in [-0.1, -0.05) is 6.92 Å². The summed E-state index contributed by atoms with van der Waals surface area (Å²) in [7, 11) is 0. The lowest BCUT2D eigenvalue weighted by atomic mass is 9.96. The lowest BCUT2D eigenvalue weighted by Crippen LogP contribution is -2.26. The molecule has 8 nitrogen and oxygen atoms in total. The summed E-state index contributed by atoms with van der Waals surface area (Å²) in [5, 5.41) is 11.7. The molecule has 0 saturated carbocycles. The Labute approximate surface area is 141 Å². The van der Waals surface area contributed by atoms with Crippen LogP contribution < -0.4 is 5.32 Å². The van der Waals surface area contributed by atoms with Gasteiger partial charge in [0, 0.05) is 25.8 Å². The summed E-state index contributed by atoms with van der Waals surface area (Å²) in [6.45, 7) is 4.23. The van der Waals surface area contributed by atoms with Gasteiger partial charge in [-0.2, -0.15) is 0 Å². The second-order valence-electron chi connectivity index (χ2n) is 5.39. The van der Waals surface area contributed by atoms with Crippen LogP contribution in [-0.4, -0.2) is 61.5 Å². The van der Waals surface area contributed by atoms with Crippen molar-refractivity contribution < 1.29 is 33.8 Å². The number of rotatable bonds is 15. The minimum absolute atomic E-state index is 0.0433. The fourth-order valence-corrected chi connectivity index (χ4v) is 1.82. The van der Waals surface area contributed by atoms with Gasteiger partial charge in [0.2, 0.25) is 5.91 Å². The quantitative estimate of drug-likeness (QED) is 0.417. The molecule has 2 N–H and O–H groups in total. The predicted octanol–water partition coefficient (Wildman–Crippen LogP) is 0.575. The molecular weight excluding hydrogens is 318 g/mol. The number of amides is 1. The van der Waals surface area contributed by atoms with E-state index in [1.54, 1.807) is 6.92 Å². The van der Waals surface area contributed by atoms with Crippen LogP contribution in [0.3, 0.4) is 0 Å². The molecule has 0 unspecified atom stereocenters. The van der Waals surface area contributed by atoms with E-state index >= 15 is 0 Å². The molecule has 24 heavy (non-hydrogen) atoms. The maximum Gasteiger partial charge on any atom is 0.306 e. The van der Waals surface area contributed by atoms with Crippen LogP contribution >= 0.6 is 0 Å². The minimum Gasteiger partial charge on any atom is -0.481 e. The van der Waals surface area contributed by atoms with E-state index in [1.807, 2.05) is 0 Å². The number of hydrogen-bond donors (Lipinski definition) is 2. The molecule has 1 atom stereocenters. The molecule has 0 aliphatic carbocycles. The van der Waals surface area contributed by atoms with Gasteiger partial charge in [0.25, 0.3) is 0 Å². The van der Waals surface area contributed by atoms with Crippen molar-refractivity contribution in [3.05, 3.63) is 0 Å². The Morgan fingerprint density at radius 3 is 2.33 bits per heavy atom. The van der Waals surface area contributed by atoms with Crippen LogP contribution in [0.15, 0.2) is 0 Å². The molecule has 138 valence electrons. The van der Waals surface area contributed by atoms with E-state index in [0.717, 1.165) is 0 Å². The van der Waals surface area contributed by atoms with E-state index < -0.39 is 11.9 Å². The van der Waals surface area contributed by atoms with Crippen LogP contribution in [-0.2, 0) is 28.7 Å². The first kappa shape index (κ1) is 22.2. The topological polar surface area (TPSA) is 119 Å². The maximum atomic E-state index is 11.7. The first-order valence-electron chi connectivity index (χ1n) is 8.02. The lowest BCUT2D eigenvalue weighted by Gasteiger charge is -2.11. The summed E-state index contributed by atoms with van der Waals surface area (Å²) < 4.78 is 10.3. The third kappa shape index (κ3) is 12.7. The Bertz CT molecular complexity index is 423. The highest BCUT2D eigenvalue weighted by atomic mass is 16.5. The van der Waals surface area contributed by atoms with Crippen LogP contribution in [0.5, 0.6) is 0 Å². The number of aliphatic carboxylic acids is 1. The molecule has 0 rings (SSSR count). The smallest absolute Gasteiger partial charge is 0.306 e. The van der Waals surface area contributed by atoms with Gasteiger partial charge in [-0.15, -0.1) is 0 Å². The van der Waals surface area contributed by atoms with Crippen molar-refractivity contribution in [1.82, 2.24) is 5.32 Å². The average molecular weight is 345 g/mol. The van der Waals surface area contributed by atoms with Gasteiger partial charge >= 0.3 is 5.97 Å². The van der Waals surface area contributed by atoms with E-state index in [2.05, 4.69) is 5.32 Å². The van der Waals surface area contributed by atoms with Gasteiger partial charge in [0.05, 0.1) is 25.7 Å². The number of carboxylic acid groups (broad SMARTS) is 1. The number of carbonyl (C=O) groups is 4. The summed E-state index contributed by atoms with van der Waals surface area (Å²) >= 11 is 0.